The molecular weight excluding hydrogens is 306 g/mol. The fourth-order valence-corrected chi connectivity index (χ4v) is 2.98. The predicted octanol–water partition coefficient (Wildman–Crippen LogP) is 5.02. The Kier molecular flexibility index (Phi) is 5.63. The molecule has 1 atom stereocenters. The van der Waals surface area contributed by atoms with Crippen LogP contribution in [0.25, 0.3) is 0 Å². The maximum Gasteiger partial charge on any atom is 0.230 e. The Balaban J connectivity index is 1.83. The van der Waals surface area contributed by atoms with Crippen molar-refractivity contribution in [2.24, 2.45) is 0 Å². The first kappa shape index (κ1) is 17.0. The van der Waals surface area contributed by atoms with Crippen LogP contribution in [0.3, 0.4) is 0 Å². The zero-order chi connectivity index (χ0) is 17.5. The second kappa shape index (κ2) is 8.29. The third-order valence-electron chi connectivity index (χ3n) is 4.41. The van der Waals surface area contributed by atoms with Crippen molar-refractivity contribution in [2.45, 2.75) is 25.9 Å². The number of hydrogen-bond acceptors (Lipinski definition) is 1. The molecule has 0 saturated heterocycles. The monoisotopic (exact) mass is 329 g/mol. The molecule has 1 unspecified atom stereocenters. The summed E-state index contributed by atoms with van der Waals surface area (Å²) in [7, 11) is 0. The van der Waals surface area contributed by atoms with Crippen molar-refractivity contribution in [1.82, 2.24) is 4.90 Å². The van der Waals surface area contributed by atoms with Gasteiger partial charge in [0, 0.05) is 13.1 Å². The van der Waals surface area contributed by atoms with Crippen LogP contribution in [0.15, 0.2) is 91.0 Å². The maximum atomic E-state index is 13.2. The van der Waals surface area contributed by atoms with Crippen molar-refractivity contribution in [1.29, 1.82) is 0 Å². The highest BCUT2D eigenvalue weighted by atomic mass is 16.2. The Hall–Kier alpha value is -2.87. The number of nitrogens with zero attached hydrogens (tertiary/aromatic N) is 1. The highest BCUT2D eigenvalue weighted by Gasteiger charge is 2.22. The molecule has 0 saturated carbocycles. The van der Waals surface area contributed by atoms with E-state index in [1.54, 1.807) is 0 Å². The van der Waals surface area contributed by atoms with E-state index in [-0.39, 0.29) is 11.8 Å². The Labute approximate surface area is 149 Å². The van der Waals surface area contributed by atoms with Crippen molar-refractivity contribution in [3.8, 4) is 0 Å². The van der Waals surface area contributed by atoms with Gasteiger partial charge < -0.3 is 4.90 Å². The van der Waals surface area contributed by atoms with Crippen LogP contribution >= 0.6 is 0 Å². The Bertz CT molecular complexity index is 743. The van der Waals surface area contributed by atoms with Crippen molar-refractivity contribution < 1.29 is 4.79 Å². The molecule has 0 aliphatic rings. The van der Waals surface area contributed by atoms with E-state index in [2.05, 4.69) is 24.3 Å². The van der Waals surface area contributed by atoms with E-state index >= 15 is 0 Å². The quantitative estimate of drug-likeness (QED) is 0.622. The van der Waals surface area contributed by atoms with Gasteiger partial charge in [0.15, 0.2) is 0 Å². The van der Waals surface area contributed by atoms with Gasteiger partial charge in [-0.1, -0.05) is 91.0 Å². The molecule has 126 valence electrons. The van der Waals surface area contributed by atoms with Gasteiger partial charge >= 0.3 is 0 Å². The lowest BCUT2D eigenvalue weighted by Crippen LogP contribution is -2.33. The Morgan fingerprint density at radius 2 is 1.12 bits per heavy atom. The van der Waals surface area contributed by atoms with Gasteiger partial charge in [-0.2, -0.15) is 0 Å². The predicted molar refractivity (Wildman–Crippen MR) is 102 cm³/mol. The van der Waals surface area contributed by atoms with Crippen LogP contribution in [-0.2, 0) is 17.9 Å². The zero-order valence-corrected chi connectivity index (χ0v) is 14.5. The molecule has 0 bridgehead atoms. The molecule has 0 aliphatic heterocycles. The van der Waals surface area contributed by atoms with Crippen LogP contribution in [0.2, 0.25) is 0 Å². The molecule has 3 aromatic carbocycles. The second-order valence-corrected chi connectivity index (χ2v) is 6.30. The van der Waals surface area contributed by atoms with Crippen LogP contribution in [0.4, 0.5) is 0 Å². The minimum atomic E-state index is -0.159. The maximum absolute atomic E-state index is 13.2. The van der Waals surface area contributed by atoms with Crippen LogP contribution in [0.5, 0.6) is 0 Å². The van der Waals surface area contributed by atoms with Gasteiger partial charge in [0.05, 0.1) is 5.92 Å². The Morgan fingerprint density at radius 3 is 1.56 bits per heavy atom. The molecule has 0 N–H and O–H groups in total. The average Bonchev–Trinajstić information content (AvgIpc) is 2.68. The molecule has 0 fully saturated rings. The van der Waals surface area contributed by atoms with Crippen LogP contribution in [0, 0.1) is 0 Å². The number of benzene rings is 3. The van der Waals surface area contributed by atoms with Crippen molar-refractivity contribution >= 4 is 5.91 Å². The molecule has 3 aromatic rings. The van der Waals surface area contributed by atoms with E-state index < -0.39 is 0 Å². The summed E-state index contributed by atoms with van der Waals surface area (Å²) in [6.07, 6.45) is 0. The van der Waals surface area contributed by atoms with Gasteiger partial charge in [0.1, 0.15) is 0 Å². The van der Waals surface area contributed by atoms with Gasteiger partial charge in [-0.15, -0.1) is 0 Å². The van der Waals surface area contributed by atoms with Crippen LogP contribution < -0.4 is 0 Å². The molecule has 0 heterocycles. The molecule has 2 nitrogen and oxygen atoms in total. The van der Waals surface area contributed by atoms with E-state index in [1.807, 2.05) is 78.6 Å². The molecule has 0 spiro atoms. The van der Waals surface area contributed by atoms with E-state index in [0.29, 0.717) is 13.1 Å². The number of carbonyl (C=O) groups is 1. The highest BCUT2D eigenvalue weighted by molar-refractivity contribution is 5.83. The lowest BCUT2D eigenvalue weighted by molar-refractivity contribution is -0.133. The summed E-state index contributed by atoms with van der Waals surface area (Å²) < 4.78 is 0. The standard InChI is InChI=1S/C23H23NO/c1-19(22-15-9-4-10-16-22)23(25)24(17-20-11-5-2-6-12-20)18-21-13-7-3-8-14-21/h2-16,19H,17-18H2,1H3. The summed E-state index contributed by atoms with van der Waals surface area (Å²) in [6.45, 7) is 3.22. The third kappa shape index (κ3) is 4.57. The van der Waals surface area contributed by atoms with Gasteiger partial charge in [-0.05, 0) is 23.6 Å². The normalized spacial score (nSPS) is 11.7. The minimum absolute atomic E-state index is 0.152. The molecule has 2 heteroatoms. The third-order valence-corrected chi connectivity index (χ3v) is 4.41. The number of hydrogen-bond donors (Lipinski definition) is 0. The van der Waals surface area contributed by atoms with E-state index in [0.717, 1.165) is 16.7 Å². The van der Waals surface area contributed by atoms with E-state index in [4.69, 9.17) is 0 Å². The smallest absolute Gasteiger partial charge is 0.230 e. The fourth-order valence-electron chi connectivity index (χ4n) is 2.98. The zero-order valence-electron chi connectivity index (χ0n) is 14.5. The summed E-state index contributed by atoms with van der Waals surface area (Å²) >= 11 is 0. The summed E-state index contributed by atoms with van der Waals surface area (Å²) in [5.41, 5.74) is 3.35. The molecule has 0 aromatic heterocycles. The Morgan fingerprint density at radius 1 is 0.720 bits per heavy atom. The van der Waals surface area contributed by atoms with Crippen molar-refractivity contribution in [3.63, 3.8) is 0 Å². The first-order valence-corrected chi connectivity index (χ1v) is 8.65. The van der Waals surface area contributed by atoms with Crippen LogP contribution in [-0.4, -0.2) is 10.8 Å². The SMILES string of the molecule is CC(C(=O)N(Cc1ccccc1)Cc1ccccc1)c1ccccc1. The van der Waals surface area contributed by atoms with Gasteiger partial charge in [-0.25, -0.2) is 0 Å². The van der Waals surface area contributed by atoms with E-state index in [9.17, 15) is 4.79 Å². The summed E-state index contributed by atoms with van der Waals surface area (Å²) in [6, 6.07) is 30.3. The molecule has 3 rings (SSSR count). The summed E-state index contributed by atoms with van der Waals surface area (Å²) in [4.78, 5) is 15.1. The largest absolute Gasteiger partial charge is 0.334 e. The minimum Gasteiger partial charge on any atom is -0.334 e. The topological polar surface area (TPSA) is 20.3 Å². The van der Waals surface area contributed by atoms with Crippen molar-refractivity contribution in [3.05, 3.63) is 108 Å². The highest BCUT2D eigenvalue weighted by Crippen LogP contribution is 2.21. The fraction of sp³-hybridized carbons (Fsp3) is 0.174. The summed E-state index contributed by atoms with van der Waals surface area (Å²) in [5.74, 6) is -0.00692. The van der Waals surface area contributed by atoms with E-state index in [1.165, 1.54) is 0 Å². The molecule has 0 radical (unpaired) electrons. The first-order chi connectivity index (χ1) is 12.2. The number of amides is 1. The molecule has 25 heavy (non-hydrogen) atoms. The number of carbonyl (C=O) groups excluding carboxylic acids is 1. The molecule has 0 aliphatic carbocycles. The summed E-state index contributed by atoms with van der Waals surface area (Å²) in [5, 5.41) is 0. The molecular formula is C23H23NO. The van der Waals surface area contributed by atoms with Gasteiger partial charge in [0.25, 0.3) is 0 Å². The molecule has 1 amide bonds. The second-order valence-electron chi connectivity index (χ2n) is 6.30. The lowest BCUT2D eigenvalue weighted by atomic mass is 9.99. The van der Waals surface area contributed by atoms with Gasteiger partial charge in [-0.3, -0.25) is 4.79 Å². The average molecular weight is 329 g/mol. The number of rotatable bonds is 6. The first-order valence-electron chi connectivity index (χ1n) is 8.65. The van der Waals surface area contributed by atoms with Crippen molar-refractivity contribution in [2.75, 3.05) is 0 Å². The van der Waals surface area contributed by atoms with Gasteiger partial charge in [0.2, 0.25) is 5.91 Å². The lowest BCUT2D eigenvalue weighted by Gasteiger charge is -2.26. The van der Waals surface area contributed by atoms with Crippen LogP contribution in [0.1, 0.15) is 29.5 Å².